The molecular weight excluding hydrogens is 665 g/mol. The van der Waals surface area contributed by atoms with E-state index < -0.39 is 0 Å². The van der Waals surface area contributed by atoms with Crippen molar-refractivity contribution in [3.05, 3.63) is 187 Å². The summed E-state index contributed by atoms with van der Waals surface area (Å²) >= 11 is 0. The van der Waals surface area contributed by atoms with Crippen molar-refractivity contribution in [2.75, 3.05) is 0 Å². The Morgan fingerprint density at radius 1 is 0.444 bits per heavy atom. The highest BCUT2D eigenvalue weighted by Gasteiger charge is 2.37. The maximum Gasteiger partial charge on any atom is 0.202 e. The number of nitriles is 7. The molecule has 2 aliphatic carbocycles. The number of allylic oxidation sites excluding steroid dienone is 7. The van der Waals surface area contributed by atoms with Crippen LogP contribution in [0, 0.1) is 85.9 Å². The fourth-order valence-electron chi connectivity index (χ4n) is 7.06. The minimum absolute atomic E-state index is 0.0927. The second-order valence-electron chi connectivity index (χ2n) is 12.1. The van der Waals surface area contributed by atoms with Crippen molar-refractivity contribution in [1.82, 2.24) is 0 Å². The number of hydrogen-bond donors (Lipinski definition) is 0. The molecule has 242 valence electrons. The summed E-state index contributed by atoms with van der Waals surface area (Å²) < 4.78 is 0. The standard InChI is InChI=1S/C46H18N8/c1-54-46(34-16-29(22-49)13-30(17-34)23-50)45-38-19-37-35(18-36(38)41(26-53)43(45)32-10-6-3-7-11-32)40(25-52)42(31-8-4-2-5-9-31)44(37)39(24-51)33-14-27(20-47)12-28(15-33)21-48/h2-19H/b44-39-,46-45+. The first-order chi connectivity index (χ1) is 26.4. The first kappa shape index (κ1) is 33.5. The van der Waals surface area contributed by atoms with E-state index in [4.69, 9.17) is 6.57 Å². The number of nitrogens with zero attached hydrogens (tertiary/aromatic N) is 8. The lowest BCUT2D eigenvalue weighted by Crippen LogP contribution is -1.97. The topological polar surface area (TPSA) is 171 Å². The first-order valence-electron chi connectivity index (χ1n) is 16.2. The van der Waals surface area contributed by atoms with E-state index in [-0.39, 0.29) is 44.7 Å². The predicted molar refractivity (Wildman–Crippen MR) is 202 cm³/mol. The van der Waals surface area contributed by atoms with E-state index in [0.717, 1.165) is 0 Å². The smallest absolute Gasteiger partial charge is 0.202 e. The Kier molecular flexibility index (Phi) is 8.50. The van der Waals surface area contributed by atoms with Crippen LogP contribution < -0.4 is 0 Å². The lowest BCUT2D eigenvalue weighted by atomic mass is 9.86. The van der Waals surface area contributed by atoms with Crippen LogP contribution in [0.2, 0.25) is 0 Å². The monoisotopic (exact) mass is 682 g/mol. The average Bonchev–Trinajstić information content (AvgIpc) is 3.72. The Hall–Kier alpha value is -9.02. The summed E-state index contributed by atoms with van der Waals surface area (Å²) in [4.78, 5) is 3.96. The molecular formula is C46H18N8. The number of benzene rings is 5. The number of hydrogen-bond acceptors (Lipinski definition) is 7. The van der Waals surface area contributed by atoms with E-state index in [1.165, 1.54) is 36.4 Å². The minimum atomic E-state index is 0.0927. The van der Waals surface area contributed by atoms with Crippen LogP contribution in [0.1, 0.15) is 66.8 Å². The van der Waals surface area contributed by atoms with Crippen molar-refractivity contribution < 1.29 is 0 Å². The average molecular weight is 683 g/mol. The van der Waals surface area contributed by atoms with E-state index in [1.807, 2.05) is 60.7 Å². The fraction of sp³-hybridized carbons (Fsp3) is 0. The molecule has 0 fully saturated rings. The van der Waals surface area contributed by atoms with Gasteiger partial charge in [0.15, 0.2) is 0 Å². The number of fused-ring (bicyclic) bond motifs is 2. The van der Waals surface area contributed by atoms with Gasteiger partial charge in [-0.25, -0.2) is 4.85 Å². The lowest BCUT2D eigenvalue weighted by Gasteiger charge is -2.15. The minimum Gasteiger partial charge on any atom is -0.237 e. The molecule has 0 N–H and O–H groups in total. The number of rotatable bonds is 4. The molecule has 8 heteroatoms. The van der Waals surface area contributed by atoms with Gasteiger partial charge in [0, 0.05) is 22.3 Å². The molecule has 0 radical (unpaired) electrons. The maximum absolute atomic E-state index is 10.9. The van der Waals surface area contributed by atoms with Crippen molar-refractivity contribution in [1.29, 1.82) is 36.8 Å². The zero-order chi connectivity index (χ0) is 37.9. The maximum atomic E-state index is 10.9. The molecule has 0 saturated heterocycles. The molecule has 0 saturated carbocycles. The Labute approximate surface area is 310 Å². The van der Waals surface area contributed by atoms with Gasteiger partial charge in [-0.05, 0) is 93.1 Å². The summed E-state index contributed by atoms with van der Waals surface area (Å²) in [5, 5.41) is 71.7. The van der Waals surface area contributed by atoms with Crippen molar-refractivity contribution in [3.63, 3.8) is 0 Å². The van der Waals surface area contributed by atoms with Crippen LogP contribution in [0.3, 0.4) is 0 Å². The van der Waals surface area contributed by atoms with Gasteiger partial charge in [0.1, 0.15) is 18.2 Å². The highest BCUT2D eigenvalue weighted by Crippen LogP contribution is 2.56. The summed E-state index contributed by atoms with van der Waals surface area (Å²) in [7, 11) is 0. The van der Waals surface area contributed by atoms with Gasteiger partial charge in [0.05, 0.1) is 69.8 Å². The molecule has 0 heterocycles. The van der Waals surface area contributed by atoms with E-state index >= 15 is 0 Å². The van der Waals surface area contributed by atoms with Crippen LogP contribution in [0.5, 0.6) is 0 Å². The molecule has 5 aromatic carbocycles. The van der Waals surface area contributed by atoms with Crippen LogP contribution in [-0.4, -0.2) is 0 Å². The second kappa shape index (κ2) is 13.7. The predicted octanol–water partition coefficient (Wildman–Crippen LogP) is 9.29. The SMILES string of the molecule is [C-]#[N+]/C(=C1/C(c2ccccc2)=C(C#N)c2cc3c(cc21)/C(=C(\C#N)c1cc(C#N)cc(C#N)c1)C(c1ccccc1)=C3C#N)c1cc(C#N)cc(C#N)c1. The lowest BCUT2D eigenvalue weighted by molar-refractivity contribution is 1.43. The van der Waals surface area contributed by atoms with E-state index in [2.05, 4.69) is 47.3 Å². The van der Waals surface area contributed by atoms with Gasteiger partial charge in [-0.15, -0.1) is 0 Å². The summed E-state index contributed by atoms with van der Waals surface area (Å²) in [5.41, 5.74) is 6.85. The van der Waals surface area contributed by atoms with Gasteiger partial charge in [-0.1, -0.05) is 60.7 Å². The fourth-order valence-corrected chi connectivity index (χ4v) is 7.06. The van der Waals surface area contributed by atoms with E-state index in [9.17, 15) is 36.8 Å². The third kappa shape index (κ3) is 5.35. The second-order valence-corrected chi connectivity index (χ2v) is 12.1. The molecule has 0 amide bonds. The Morgan fingerprint density at radius 3 is 1.26 bits per heavy atom. The largest absolute Gasteiger partial charge is 0.237 e. The molecule has 0 aromatic heterocycles. The summed E-state index contributed by atoms with van der Waals surface area (Å²) in [5.74, 6) is 0. The molecule has 54 heavy (non-hydrogen) atoms. The van der Waals surface area contributed by atoms with Gasteiger partial charge in [-0.2, -0.15) is 36.8 Å². The summed E-state index contributed by atoms with van der Waals surface area (Å²) in [6, 6.07) is 45.9. The van der Waals surface area contributed by atoms with Crippen molar-refractivity contribution >= 4 is 44.7 Å². The first-order valence-corrected chi connectivity index (χ1v) is 16.2. The van der Waals surface area contributed by atoms with Crippen LogP contribution in [-0.2, 0) is 0 Å². The van der Waals surface area contributed by atoms with Crippen molar-refractivity contribution in [3.8, 4) is 42.5 Å². The van der Waals surface area contributed by atoms with E-state index in [1.54, 1.807) is 12.1 Å². The van der Waals surface area contributed by atoms with Gasteiger partial charge >= 0.3 is 0 Å². The molecule has 0 unspecified atom stereocenters. The molecule has 0 bridgehead atoms. The van der Waals surface area contributed by atoms with Gasteiger partial charge < -0.3 is 0 Å². The molecule has 7 rings (SSSR count). The highest BCUT2D eigenvalue weighted by atomic mass is 14.7. The van der Waals surface area contributed by atoms with Gasteiger partial charge in [0.25, 0.3) is 0 Å². The van der Waals surface area contributed by atoms with Crippen LogP contribution >= 0.6 is 0 Å². The molecule has 5 aromatic rings. The quantitative estimate of drug-likeness (QED) is 0.134. The molecule has 0 spiro atoms. The summed E-state index contributed by atoms with van der Waals surface area (Å²) in [6.45, 7) is 8.46. The third-order valence-electron chi connectivity index (χ3n) is 9.24. The molecule has 0 atom stereocenters. The Balaban J connectivity index is 1.66. The Morgan fingerprint density at radius 2 is 0.852 bits per heavy atom. The molecule has 2 aliphatic rings. The van der Waals surface area contributed by atoms with Gasteiger partial charge in [0.2, 0.25) is 5.70 Å². The van der Waals surface area contributed by atoms with Crippen molar-refractivity contribution in [2.45, 2.75) is 0 Å². The highest BCUT2D eigenvalue weighted by molar-refractivity contribution is 6.34. The van der Waals surface area contributed by atoms with Crippen LogP contribution in [0.25, 0.3) is 49.6 Å². The zero-order valence-electron chi connectivity index (χ0n) is 28.0. The Bertz CT molecular complexity index is 2730. The van der Waals surface area contributed by atoms with Crippen LogP contribution in [0.4, 0.5) is 0 Å². The zero-order valence-corrected chi connectivity index (χ0v) is 28.0. The van der Waals surface area contributed by atoms with E-state index in [0.29, 0.717) is 66.8 Å². The molecule has 0 aliphatic heterocycles. The third-order valence-corrected chi connectivity index (χ3v) is 9.24. The van der Waals surface area contributed by atoms with Gasteiger partial charge in [-0.3, -0.25) is 0 Å². The molecule has 8 nitrogen and oxygen atoms in total. The van der Waals surface area contributed by atoms with Crippen molar-refractivity contribution in [2.24, 2.45) is 0 Å². The normalized spacial score (nSPS) is 14.1. The summed E-state index contributed by atoms with van der Waals surface area (Å²) in [6.07, 6.45) is 0. The van der Waals surface area contributed by atoms with Crippen LogP contribution in [0.15, 0.2) is 109 Å².